The molecule has 0 spiro atoms. The zero-order valence-electron chi connectivity index (χ0n) is 12.4. The van der Waals surface area contributed by atoms with Crippen molar-refractivity contribution >= 4 is 6.03 Å². The van der Waals surface area contributed by atoms with Crippen LogP contribution < -0.4 is 11.1 Å². The number of nitrogens with two attached hydrogens (primary N) is 1. The molecule has 5 heteroatoms. The van der Waals surface area contributed by atoms with Crippen LogP contribution in [0.3, 0.4) is 0 Å². The normalized spacial score (nSPS) is 16.6. The Labute approximate surface area is 117 Å². The van der Waals surface area contributed by atoms with Crippen LogP contribution in [0, 0.1) is 0 Å². The van der Waals surface area contributed by atoms with E-state index < -0.39 is 0 Å². The Bertz CT molecular complexity index is 240. The molecule has 2 amide bonds. The number of carbonyl (C=O) groups excluding carboxylic acids is 1. The van der Waals surface area contributed by atoms with Gasteiger partial charge in [0.25, 0.3) is 0 Å². The molecular weight excluding hydrogens is 240 g/mol. The van der Waals surface area contributed by atoms with Gasteiger partial charge in [-0.2, -0.15) is 0 Å². The van der Waals surface area contributed by atoms with Crippen LogP contribution in [-0.4, -0.2) is 61.6 Å². The number of urea groups is 1. The Morgan fingerprint density at radius 2 is 1.84 bits per heavy atom. The van der Waals surface area contributed by atoms with E-state index in [-0.39, 0.29) is 6.03 Å². The molecule has 0 bridgehead atoms. The molecule has 0 saturated carbocycles. The van der Waals surface area contributed by atoms with Crippen molar-refractivity contribution in [1.29, 1.82) is 0 Å². The van der Waals surface area contributed by atoms with Gasteiger partial charge in [-0.05, 0) is 32.4 Å². The first-order valence-corrected chi connectivity index (χ1v) is 7.73. The highest BCUT2D eigenvalue weighted by atomic mass is 16.2. The summed E-state index contributed by atoms with van der Waals surface area (Å²) in [5.41, 5.74) is 5.48. The Hall–Kier alpha value is -0.810. The van der Waals surface area contributed by atoms with Gasteiger partial charge in [0, 0.05) is 32.7 Å². The lowest BCUT2D eigenvalue weighted by molar-refractivity contribution is 0.138. The summed E-state index contributed by atoms with van der Waals surface area (Å²) in [6, 6.07) is 0.108. The minimum atomic E-state index is 0.108. The molecule has 0 aromatic rings. The van der Waals surface area contributed by atoms with Gasteiger partial charge in [0.1, 0.15) is 0 Å². The van der Waals surface area contributed by atoms with Crippen molar-refractivity contribution in [2.24, 2.45) is 5.73 Å². The molecule has 5 nitrogen and oxygen atoms in total. The SMILES string of the molecule is CCCCNC(=O)N1CCN(CCCCCN)CC1. The monoisotopic (exact) mass is 270 g/mol. The second kappa shape index (κ2) is 10.0. The highest BCUT2D eigenvalue weighted by molar-refractivity contribution is 5.74. The van der Waals surface area contributed by atoms with E-state index in [2.05, 4.69) is 17.1 Å². The minimum Gasteiger partial charge on any atom is -0.338 e. The number of amides is 2. The fourth-order valence-corrected chi connectivity index (χ4v) is 2.31. The Morgan fingerprint density at radius 1 is 1.11 bits per heavy atom. The van der Waals surface area contributed by atoms with E-state index in [0.29, 0.717) is 0 Å². The largest absolute Gasteiger partial charge is 0.338 e. The molecule has 19 heavy (non-hydrogen) atoms. The van der Waals surface area contributed by atoms with Crippen molar-refractivity contribution in [3.8, 4) is 0 Å². The smallest absolute Gasteiger partial charge is 0.317 e. The van der Waals surface area contributed by atoms with Gasteiger partial charge in [0.05, 0.1) is 0 Å². The molecule has 1 fully saturated rings. The third-order valence-corrected chi connectivity index (χ3v) is 3.64. The van der Waals surface area contributed by atoms with Gasteiger partial charge in [-0.1, -0.05) is 19.8 Å². The molecular formula is C14H30N4O. The average Bonchev–Trinajstić information content (AvgIpc) is 2.44. The summed E-state index contributed by atoms with van der Waals surface area (Å²) in [5, 5.41) is 2.98. The number of rotatable bonds is 8. The van der Waals surface area contributed by atoms with Gasteiger partial charge in [-0.3, -0.25) is 4.90 Å². The highest BCUT2D eigenvalue weighted by Gasteiger charge is 2.19. The number of nitrogens with one attached hydrogen (secondary N) is 1. The van der Waals surface area contributed by atoms with Crippen LogP contribution in [0.4, 0.5) is 4.79 Å². The summed E-state index contributed by atoms with van der Waals surface area (Å²) < 4.78 is 0. The summed E-state index contributed by atoms with van der Waals surface area (Å²) in [7, 11) is 0. The molecule has 0 radical (unpaired) electrons. The summed E-state index contributed by atoms with van der Waals surface area (Å²) in [4.78, 5) is 16.2. The van der Waals surface area contributed by atoms with Crippen molar-refractivity contribution < 1.29 is 4.79 Å². The first-order chi connectivity index (χ1) is 9.27. The van der Waals surface area contributed by atoms with Crippen LogP contribution in [-0.2, 0) is 0 Å². The molecule has 1 saturated heterocycles. The first kappa shape index (κ1) is 16.2. The van der Waals surface area contributed by atoms with Gasteiger partial charge < -0.3 is 16.0 Å². The highest BCUT2D eigenvalue weighted by Crippen LogP contribution is 2.04. The van der Waals surface area contributed by atoms with Crippen LogP contribution >= 0.6 is 0 Å². The molecule has 112 valence electrons. The van der Waals surface area contributed by atoms with E-state index in [1.54, 1.807) is 0 Å². The number of piperazine rings is 1. The topological polar surface area (TPSA) is 61.6 Å². The second-order valence-electron chi connectivity index (χ2n) is 5.26. The zero-order chi connectivity index (χ0) is 13.9. The molecule has 1 rings (SSSR count). The third-order valence-electron chi connectivity index (χ3n) is 3.64. The molecule has 1 aliphatic rings. The van der Waals surface area contributed by atoms with E-state index in [1.165, 1.54) is 12.8 Å². The summed E-state index contributed by atoms with van der Waals surface area (Å²) in [6.45, 7) is 8.60. The molecule has 1 aliphatic heterocycles. The van der Waals surface area contributed by atoms with Crippen molar-refractivity contribution in [3.05, 3.63) is 0 Å². The molecule has 0 unspecified atom stereocenters. The van der Waals surface area contributed by atoms with Gasteiger partial charge in [0.2, 0.25) is 0 Å². The number of unbranched alkanes of at least 4 members (excludes halogenated alkanes) is 3. The summed E-state index contributed by atoms with van der Waals surface area (Å²) >= 11 is 0. The lowest BCUT2D eigenvalue weighted by Crippen LogP contribution is -2.52. The van der Waals surface area contributed by atoms with E-state index in [9.17, 15) is 4.79 Å². The van der Waals surface area contributed by atoms with E-state index in [1.807, 2.05) is 4.90 Å². The maximum absolute atomic E-state index is 11.9. The van der Waals surface area contributed by atoms with E-state index >= 15 is 0 Å². The number of nitrogens with zero attached hydrogens (tertiary/aromatic N) is 2. The number of hydrogen-bond donors (Lipinski definition) is 2. The predicted molar refractivity (Wildman–Crippen MR) is 79.2 cm³/mol. The molecule has 0 aromatic heterocycles. The van der Waals surface area contributed by atoms with E-state index in [0.717, 1.165) is 65.1 Å². The van der Waals surface area contributed by atoms with Crippen molar-refractivity contribution in [2.45, 2.75) is 39.0 Å². The van der Waals surface area contributed by atoms with Gasteiger partial charge in [0.15, 0.2) is 0 Å². The van der Waals surface area contributed by atoms with Gasteiger partial charge in [-0.25, -0.2) is 4.79 Å². The maximum atomic E-state index is 11.9. The lowest BCUT2D eigenvalue weighted by atomic mass is 10.2. The fourth-order valence-electron chi connectivity index (χ4n) is 2.31. The first-order valence-electron chi connectivity index (χ1n) is 7.73. The van der Waals surface area contributed by atoms with Crippen LogP contribution in [0.1, 0.15) is 39.0 Å². The van der Waals surface area contributed by atoms with Crippen LogP contribution in [0.5, 0.6) is 0 Å². The molecule has 0 atom stereocenters. The average molecular weight is 270 g/mol. The van der Waals surface area contributed by atoms with Gasteiger partial charge >= 0.3 is 6.03 Å². The van der Waals surface area contributed by atoms with Crippen LogP contribution in [0.2, 0.25) is 0 Å². The quantitative estimate of drug-likeness (QED) is 0.652. The van der Waals surface area contributed by atoms with Crippen LogP contribution in [0.25, 0.3) is 0 Å². The van der Waals surface area contributed by atoms with Crippen molar-refractivity contribution in [2.75, 3.05) is 45.8 Å². The second-order valence-corrected chi connectivity index (χ2v) is 5.26. The fraction of sp³-hybridized carbons (Fsp3) is 0.929. The van der Waals surface area contributed by atoms with Crippen LogP contribution in [0.15, 0.2) is 0 Å². The van der Waals surface area contributed by atoms with E-state index in [4.69, 9.17) is 5.73 Å². The molecule has 0 aliphatic carbocycles. The van der Waals surface area contributed by atoms with Gasteiger partial charge in [-0.15, -0.1) is 0 Å². The zero-order valence-corrected chi connectivity index (χ0v) is 12.4. The Balaban J connectivity index is 2.09. The summed E-state index contributed by atoms with van der Waals surface area (Å²) in [6.07, 6.45) is 5.75. The maximum Gasteiger partial charge on any atom is 0.317 e. The Morgan fingerprint density at radius 3 is 2.47 bits per heavy atom. The molecule has 0 aromatic carbocycles. The number of carbonyl (C=O) groups is 1. The molecule has 1 heterocycles. The Kier molecular flexibility index (Phi) is 8.58. The van der Waals surface area contributed by atoms with Crippen molar-refractivity contribution in [3.63, 3.8) is 0 Å². The molecule has 3 N–H and O–H groups in total. The third kappa shape index (κ3) is 6.78. The predicted octanol–water partition coefficient (Wildman–Crippen LogP) is 1.24. The standard InChI is InChI=1S/C14H30N4O/c1-2-3-8-16-14(19)18-12-10-17(11-13-18)9-6-4-5-7-15/h2-13,15H2,1H3,(H,16,19). The minimum absolute atomic E-state index is 0.108. The van der Waals surface area contributed by atoms with Crippen molar-refractivity contribution in [1.82, 2.24) is 15.1 Å². The summed E-state index contributed by atoms with van der Waals surface area (Å²) in [5.74, 6) is 0. The lowest BCUT2D eigenvalue weighted by Gasteiger charge is -2.34. The number of hydrogen-bond acceptors (Lipinski definition) is 3.